The van der Waals surface area contributed by atoms with E-state index in [1.54, 1.807) is 12.1 Å². The lowest BCUT2D eigenvalue weighted by molar-refractivity contribution is 0.0305. The number of halogens is 1. The van der Waals surface area contributed by atoms with Crippen LogP contribution in [0.5, 0.6) is 11.5 Å². The highest BCUT2D eigenvalue weighted by atomic mass is 19.1. The highest BCUT2D eigenvalue weighted by Gasteiger charge is 2.55. The van der Waals surface area contributed by atoms with E-state index in [-0.39, 0.29) is 5.82 Å². The van der Waals surface area contributed by atoms with Gasteiger partial charge in [-0.25, -0.2) is 4.39 Å². The minimum Gasteiger partial charge on any atom is -0.457 e. The van der Waals surface area contributed by atoms with Gasteiger partial charge in [0.15, 0.2) is 0 Å². The van der Waals surface area contributed by atoms with Crippen molar-refractivity contribution in [1.29, 1.82) is 0 Å². The lowest BCUT2D eigenvalue weighted by Gasteiger charge is -2.48. The van der Waals surface area contributed by atoms with Gasteiger partial charge in [-0.1, -0.05) is 12.1 Å². The third-order valence-electron chi connectivity index (χ3n) is 6.61. The van der Waals surface area contributed by atoms with E-state index in [1.165, 1.54) is 63.0 Å². The number of nitrogens with zero attached hydrogens (tertiary/aromatic N) is 1. The predicted molar refractivity (Wildman–Crippen MR) is 96.5 cm³/mol. The van der Waals surface area contributed by atoms with E-state index in [1.807, 2.05) is 6.07 Å². The Kier molecular flexibility index (Phi) is 3.60. The smallest absolute Gasteiger partial charge is 0.127 e. The van der Waals surface area contributed by atoms with Gasteiger partial charge in [-0.05, 0) is 98.0 Å². The molecule has 4 aliphatic rings. The average molecular weight is 337 g/mol. The van der Waals surface area contributed by atoms with Gasteiger partial charge >= 0.3 is 0 Å². The second-order valence-corrected chi connectivity index (χ2v) is 7.98. The van der Waals surface area contributed by atoms with Crippen LogP contribution in [0.15, 0.2) is 48.5 Å². The molecule has 2 nitrogen and oxygen atoms in total. The van der Waals surface area contributed by atoms with E-state index in [9.17, 15) is 4.39 Å². The summed E-state index contributed by atoms with van der Waals surface area (Å²) in [5.41, 5.74) is 1.80. The third kappa shape index (κ3) is 2.75. The summed E-state index contributed by atoms with van der Waals surface area (Å²) in [6, 6.07) is 14.8. The molecule has 130 valence electrons. The molecule has 3 heterocycles. The highest BCUT2D eigenvalue weighted by Crippen LogP contribution is 2.59. The summed E-state index contributed by atoms with van der Waals surface area (Å²) in [6.07, 6.45) is 5.36. The Morgan fingerprint density at radius 1 is 0.960 bits per heavy atom. The third-order valence-corrected chi connectivity index (χ3v) is 6.61. The van der Waals surface area contributed by atoms with Gasteiger partial charge in [-0.3, -0.25) is 0 Å². The molecule has 1 atom stereocenters. The van der Waals surface area contributed by atoms with Gasteiger partial charge < -0.3 is 9.64 Å². The van der Waals surface area contributed by atoms with Gasteiger partial charge in [0.25, 0.3) is 0 Å². The minimum atomic E-state index is -0.236. The fraction of sp³-hybridized carbons (Fsp3) is 0.455. The zero-order valence-corrected chi connectivity index (χ0v) is 14.5. The predicted octanol–water partition coefficient (Wildman–Crippen LogP) is 4.99. The van der Waals surface area contributed by atoms with Gasteiger partial charge in [-0.15, -0.1) is 0 Å². The largest absolute Gasteiger partial charge is 0.457 e. The molecule has 2 aromatic carbocycles. The van der Waals surface area contributed by atoms with E-state index in [0.29, 0.717) is 11.2 Å². The van der Waals surface area contributed by atoms with Crippen molar-refractivity contribution in [1.82, 2.24) is 4.90 Å². The van der Waals surface area contributed by atoms with Crippen molar-refractivity contribution in [3.63, 3.8) is 0 Å². The summed E-state index contributed by atoms with van der Waals surface area (Å²) in [4.78, 5) is 2.66. The van der Waals surface area contributed by atoms with Crippen LogP contribution in [0.3, 0.4) is 0 Å². The van der Waals surface area contributed by atoms with Crippen LogP contribution in [0.2, 0.25) is 0 Å². The summed E-state index contributed by atoms with van der Waals surface area (Å²) >= 11 is 0. The summed E-state index contributed by atoms with van der Waals surface area (Å²) in [7, 11) is 0. The molecule has 0 spiro atoms. The van der Waals surface area contributed by atoms with Crippen LogP contribution in [-0.2, 0) is 5.41 Å². The van der Waals surface area contributed by atoms with Crippen LogP contribution >= 0.6 is 0 Å². The van der Waals surface area contributed by atoms with Crippen LogP contribution in [0.25, 0.3) is 0 Å². The van der Waals surface area contributed by atoms with Gasteiger partial charge in [0, 0.05) is 6.54 Å². The number of fused-ring (bicyclic) bond motifs is 3. The molecule has 2 aromatic rings. The molecule has 1 aliphatic carbocycles. The number of ether oxygens (including phenoxy) is 1. The summed E-state index contributed by atoms with van der Waals surface area (Å²) in [5.74, 6) is 3.01. The molecule has 0 radical (unpaired) electrons. The molecule has 0 aromatic heterocycles. The summed E-state index contributed by atoms with van der Waals surface area (Å²) < 4.78 is 19.0. The molecule has 25 heavy (non-hydrogen) atoms. The number of piperidine rings is 3. The van der Waals surface area contributed by atoms with E-state index in [4.69, 9.17) is 4.74 Å². The molecule has 1 unspecified atom stereocenters. The van der Waals surface area contributed by atoms with Crippen LogP contribution in [0.1, 0.15) is 31.2 Å². The Bertz CT molecular complexity index is 760. The van der Waals surface area contributed by atoms with Crippen molar-refractivity contribution >= 4 is 0 Å². The maximum absolute atomic E-state index is 13.1. The molecule has 4 fully saturated rings. The first-order chi connectivity index (χ1) is 12.2. The van der Waals surface area contributed by atoms with Gasteiger partial charge in [0.05, 0.1) is 0 Å². The molecule has 0 N–H and O–H groups in total. The maximum Gasteiger partial charge on any atom is 0.127 e. The first kappa shape index (κ1) is 15.4. The molecule has 3 heteroatoms. The molecule has 3 aliphatic heterocycles. The Labute approximate surface area is 148 Å². The molecule has 3 saturated heterocycles. The first-order valence-electron chi connectivity index (χ1n) is 9.49. The van der Waals surface area contributed by atoms with E-state index in [0.717, 1.165) is 17.6 Å². The number of hydrogen-bond acceptors (Lipinski definition) is 2. The van der Waals surface area contributed by atoms with Crippen LogP contribution in [0.4, 0.5) is 4.39 Å². The molecule has 1 saturated carbocycles. The van der Waals surface area contributed by atoms with Gasteiger partial charge in [0.2, 0.25) is 0 Å². The fourth-order valence-corrected chi connectivity index (χ4v) is 5.11. The van der Waals surface area contributed by atoms with Crippen molar-refractivity contribution in [3.05, 3.63) is 59.9 Å². The zero-order chi connectivity index (χ0) is 16.9. The van der Waals surface area contributed by atoms with E-state index < -0.39 is 0 Å². The zero-order valence-electron chi connectivity index (χ0n) is 14.5. The van der Waals surface area contributed by atoms with E-state index >= 15 is 0 Å². The number of rotatable bonds is 4. The van der Waals surface area contributed by atoms with Gasteiger partial charge in [0.1, 0.15) is 17.3 Å². The molecule has 2 bridgehead atoms. The van der Waals surface area contributed by atoms with E-state index in [2.05, 4.69) is 23.1 Å². The van der Waals surface area contributed by atoms with Crippen molar-refractivity contribution in [2.24, 2.45) is 11.8 Å². The molecule has 6 rings (SSSR count). The summed E-state index contributed by atoms with van der Waals surface area (Å²) in [5, 5.41) is 0. The number of hydrogen-bond donors (Lipinski definition) is 0. The van der Waals surface area contributed by atoms with Crippen LogP contribution in [-0.4, -0.2) is 24.5 Å². The lowest BCUT2D eigenvalue weighted by atomic mass is 9.68. The normalized spacial score (nSPS) is 29.4. The van der Waals surface area contributed by atoms with Crippen LogP contribution < -0.4 is 4.74 Å². The summed E-state index contributed by atoms with van der Waals surface area (Å²) in [6.45, 7) is 3.86. The molecule has 0 amide bonds. The van der Waals surface area contributed by atoms with Crippen molar-refractivity contribution in [2.45, 2.75) is 31.1 Å². The first-order valence-corrected chi connectivity index (χ1v) is 9.49. The van der Waals surface area contributed by atoms with Crippen LogP contribution in [0, 0.1) is 17.7 Å². The highest BCUT2D eigenvalue weighted by molar-refractivity contribution is 5.41. The van der Waals surface area contributed by atoms with Crippen molar-refractivity contribution in [2.75, 3.05) is 19.6 Å². The standard InChI is InChI=1S/C22H24FNO/c23-18-4-6-19(7-5-18)25-20-3-1-2-17(14-20)22(10-11-22)21-15-24-12-8-16(21)9-13-24/h1-7,14,16,21H,8-13,15H2. The van der Waals surface area contributed by atoms with Gasteiger partial charge in [-0.2, -0.15) is 0 Å². The monoisotopic (exact) mass is 337 g/mol. The van der Waals surface area contributed by atoms with Crippen molar-refractivity contribution in [3.8, 4) is 11.5 Å². The number of benzene rings is 2. The quantitative estimate of drug-likeness (QED) is 0.779. The Morgan fingerprint density at radius 3 is 2.36 bits per heavy atom. The lowest BCUT2D eigenvalue weighted by Crippen LogP contribution is -2.51. The molecular weight excluding hydrogens is 313 g/mol. The maximum atomic E-state index is 13.1. The molecular formula is C22H24FNO. The topological polar surface area (TPSA) is 12.5 Å². The average Bonchev–Trinajstić information content (AvgIpc) is 3.47. The Morgan fingerprint density at radius 2 is 1.72 bits per heavy atom. The fourth-order valence-electron chi connectivity index (χ4n) is 5.11. The second-order valence-electron chi connectivity index (χ2n) is 7.98. The second kappa shape index (κ2) is 5.84. The Hall–Kier alpha value is -1.87. The van der Waals surface area contributed by atoms with Crippen molar-refractivity contribution < 1.29 is 9.13 Å². The minimum absolute atomic E-state index is 0.236. The Balaban J connectivity index is 1.40. The SMILES string of the molecule is Fc1ccc(Oc2cccc(C3(C4CN5CCC4CC5)CC3)c2)cc1.